The molecule has 1 aromatic heterocycles. The first kappa shape index (κ1) is 18.4. The number of hydrogen-bond acceptors (Lipinski definition) is 3. The molecule has 26 heavy (non-hydrogen) atoms. The van der Waals surface area contributed by atoms with Gasteiger partial charge in [-0.3, -0.25) is 19.2 Å². The van der Waals surface area contributed by atoms with Crippen LogP contribution in [-0.2, 0) is 6.54 Å². The smallest absolute Gasteiger partial charge is 0.261 e. The van der Waals surface area contributed by atoms with Gasteiger partial charge in [0.25, 0.3) is 11.8 Å². The molecule has 1 aliphatic heterocycles. The number of unbranched alkanes of at least 4 members (excludes halogenated alkanes) is 7. The van der Waals surface area contributed by atoms with Crippen molar-refractivity contribution in [3.63, 3.8) is 0 Å². The zero-order valence-electron chi connectivity index (χ0n) is 15.3. The first-order valence-corrected chi connectivity index (χ1v) is 9.70. The quantitative estimate of drug-likeness (QED) is 0.447. The topological polar surface area (TPSA) is 55.2 Å². The Morgan fingerprint density at radius 3 is 1.77 bits per heavy atom. The van der Waals surface area contributed by atoms with E-state index in [1.54, 1.807) is 12.1 Å². The van der Waals surface area contributed by atoms with Crippen molar-refractivity contribution in [2.75, 3.05) is 6.54 Å². The zero-order valence-corrected chi connectivity index (χ0v) is 15.3. The number of carbonyl (C=O) groups excluding carboxylic acids is 2. The summed E-state index contributed by atoms with van der Waals surface area (Å²) in [6.07, 6.45) is 13.1. The highest BCUT2D eigenvalue weighted by Gasteiger charge is 2.34. The molecule has 2 aromatic rings. The van der Waals surface area contributed by atoms with E-state index in [2.05, 4.69) is 5.10 Å². The van der Waals surface area contributed by atoms with Crippen LogP contribution in [0.15, 0.2) is 42.7 Å². The van der Waals surface area contributed by atoms with Crippen LogP contribution in [0.3, 0.4) is 0 Å². The molecule has 0 aliphatic carbocycles. The molecule has 0 atom stereocenters. The summed E-state index contributed by atoms with van der Waals surface area (Å²) in [5.41, 5.74) is 1.10. The summed E-state index contributed by atoms with van der Waals surface area (Å²) in [6, 6.07) is 9.05. The van der Waals surface area contributed by atoms with E-state index in [-0.39, 0.29) is 11.8 Å². The Kier molecular flexibility index (Phi) is 6.58. The number of fused-ring (bicyclic) bond motifs is 1. The predicted molar refractivity (Wildman–Crippen MR) is 101 cm³/mol. The molecule has 0 spiro atoms. The standard InChI is InChI=1S/C21H27N3O2/c25-20-18-12-7-8-13-19(18)21(26)24(20)17-10-6-4-2-1-3-5-9-15-23-16-11-14-22-23/h7-8,11-14,16H,1-6,9-10,15,17H2. The number of rotatable bonds is 11. The molecule has 1 aliphatic rings. The molecular formula is C21H27N3O2. The molecule has 2 heterocycles. The minimum absolute atomic E-state index is 0.136. The third-order valence-electron chi connectivity index (χ3n) is 4.96. The highest BCUT2D eigenvalue weighted by molar-refractivity contribution is 6.21. The highest BCUT2D eigenvalue weighted by Crippen LogP contribution is 2.23. The molecule has 138 valence electrons. The van der Waals surface area contributed by atoms with Crippen molar-refractivity contribution in [2.24, 2.45) is 0 Å². The number of hydrogen-bond donors (Lipinski definition) is 0. The predicted octanol–water partition coefficient (Wildman–Crippen LogP) is 4.30. The highest BCUT2D eigenvalue weighted by atomic mass is 16.2. The maximum Gasteiger partial charge on any atom is 0.261 e. The lowest BCUT2D eigenvalue weighted by Gasteiger charge is -2.13. The van der Waals surface area contributed by atoms with E-state index < -0.39 is 0 Å². The number of imide groups is 1. The maximum absolute atomic E-state index is 12.3. The van der Waals surface area contributed by atoms with Gasteiger partial charge in [0.15, 0.2) is 0 Å². The second kappa shape index (κ2) is 9.32. The van der Waals surface area contributed by atoms with E-state index in [9.17, 15) is 9.59 Å². The second-order valence-electron chi connectivity index (χ2n) is 6.91. The van der Waals surface area contributed by atoms with E-state index >= 15 is 0 Å². The van der Waals surface area contributed by atoms with Crippen LogP contribution in [0.5, 0.6) is 0 Å². The van der Waals surface area contributed by atoms with Gasteiger partial charge in [-0.1, -0.05) is 50.7 Å². The first-order valence-electron chi connectivity index (χ1n) is 9.70. The lowest BCUT2D eigenvalue weighted by molar-refractivity contribution is 0.0651. The van der Waals surface area contributed by atoms with Gasteiger partial charge in [-0.2, -0.15) is 5.10 Å². The number of aryl methyl sites for hydroxylation is 1. The Morgan fingerprint density at radius 2 is 1.23 bits per heavy atom. The van der Waals surface area contributed by atoms with Gasteiger partial charge in [0, 0.05) is 25.5 Å². The number of aromatic nitrogens is 2. The fourth-order valence-corrected chi connectivity index (χ4v) is 3.48. The molecule has 5 nitrogen and oxygen atoms in total. The molecule has 0 N–H and O–H groups in total. The Labute approximate surface area is 155 Å². The monoisotopic (exact) mass is 353 g/mol. The normalized spacial score (nSPS) is 13.5. The number of carbonyl (C=O) groups is 2. The maximum atomic E-state index is 12.3. The molecule has 0 saturated carbocycles. The second-order valence-corrected chi connectivity index (χ2v) is 6.91. The van der Waals surface area contributed by atoms with Gasteiger partial charge in [0.2, 0.25) is 0 Å². The van der Waals surface area contributed by atoms with Gasteiger partial charge in [-0.05, 0) is 31.0 Å². The van der Waals surface area contributed by atoms with E-state index in [0.29, 0.717) is 17.7 Å². The summed E-state index contributed by atoms with van der Waals surface area (Å²) < 4.78 is 1.99. The lowest BCUT2D eigenvalue weighted by Crippen LogP contribution is -2.30. The van der Waals surface area contributed by atoms with E-state index in [4.69, 9.17) is 0 Å². The van der Waals surface area contributed by atoms with Crippen LogP contribution in [0.2, 0.25) is 0 Å². The van der Waals surface area contributed by atoms with Crippen LogP contribution < -0.4 is 0 Å². The van der Waals surface area contributed by atoms with E-state index in [1.807, 2.05) is 35.3 Å². The number of benzene rings is 1. The minimum atomic E-state index is -0.136. The third kappa shape index (κ3) is 4.59. The van der Waals surface area contributed by atoms with Gasteiger partial charge in [0.1, 0.15) is 0 Å². The van der Waals surface area contributed by atoms with Crippen LogP contribution >= 0.6 is 0 Å². The number of nitrogens with zero attached hydrogens (tertiary/aromatic N) is 3. The van der Waals surface area contributed by atoms with E-state index in [0.717, 1.165) is 19.4 Å². The van der Waals surface area contributed by atoms with Crippen molar-refractivity contribution in [3.05, 3.63) is 53.9 Å². The fraction of sp³-hybridized carbons (Fsp3) is 0.476. The minimum Gasteiger partial charge on any atom is -0.274 e. The third-order valence-corrected chi connectivity index (χ3v) is 4.96. The van der Waals surface area contributed by atoms with Crippen molar-refractivity contribution in [1.29, 1.82) is 0 Å². The molecule has 0 radical (unpaired) electrons. The number of amides is 2. The summed E-state index contributed by atoms with van der Waals surface area (Å²) in [4.78, 5) is 25.9. The van der Waals surface area contributed by atoms with Gasteiger partial charge >= 0.3 is 0 Å². The van der Waals surface area contributed by atoms with Crippen molar-refractivity contribution in [2.45, 2.75) is 57.9 Å². The molecule has 2 amide bonds. The van der Waals surface area contributed by atoms with Gasteiger partial charge in [-0.15, -0.1) is 0 Å². The fourth-order valence-electron chi connectivity index (χ4n) is 3.48. The summed E-state index contributed by atoms with van der Waals surface area (Å²) in [6.45, 7) is 1.55. The molecule has 3 rings (SSSR count). The SMILES string of the molecule is O=C1c2ccccc2C(=O)N1CCCCCCCCCCn1cccn1. The van der Waals surface area contributed by atoms with Crippen LogP contribution in [0.1, 0.15) is 72.1 Å². The molecule has 5 heteroatoms. The van der Waals surface area contributed by atoms with Crippen LogP contribution in [0.4, 0.5) is 0 Å². The van der Waals surface area contributed by atoms with Crippen molar-refractivity contribution in [1.82, 2.24) is 14.7 Å². The molecule has 0 fully saturated rings. The van der Waals surface area contributed by atoms with Gasteiger partial charge in [0.05, 0.1) is 11.1 Å². The van der Waals surface area contributed by atoms with Crippen LogP contribution in [-0.4, -0.2) is 33.0 Å². The average Bonchev–Trinajstić information content (AvgIpc) is 3.26. The summed E-state index contributed by atoms with van der Waals surface area (Å²) >= 11 is 0. The Hall–Kier alpha value is -2.43. The largest absolute Gasteiger partial charge is 0.274 e. The first-order chi connectivity index (χ1) is 12.8. The summed E-state index contributed by atoms with van der Waals surface area (Å²) in [5.74, 6) is -0.273. The van der Waals surface area contributed by atoms with Crippen molar-refractivity contribution in [3.8, 4) is 0 Å². The molecule has 1 aromatic carbocycles. The average molecular weight is 353 g/mol. The summed E-state index contributed by atoms with van der Waals surface area (Å²) in [7, 11) is 0. The van der Waals surface area contributed by atoms with Gasteiger partial charge in [-0.25, -0.2) is 0 Å². The molecule has 0 bridgehead atoms. The van der Waals surface area contributed by atoms with Gasteiger partial charge < -0.3 is 0 Å². The molecular weight excluding hydrogens is 326 g/mol. The van der Waals surface area contributed by atoms with Crippen LogP contribution in [0.25, 0.3) is 0 Å². The zero-order chi connectivity index (χ0) is 18.2. The molecule has 0 unspecified atom stereocenters. The Bertz CT molecular complexity index is 690. The molecule has 0 saturated heterocycles. The Morgan fingerprint density at radius 1 is 0.692 bits per heavy atom. The lowest BCUT2D eigenvalue weighted by atomic mass is 10.1. The van der Waals surface area contributed by atoms with E-state index in [1.165, 1.54) is 43.4 Å². The van der Waals surface area contributed by atoms with Crippen LogP contribution in [0, 0.1) is 0 Å². The van der Waals surface area contributed by atoms with Crippen molar-refractivity contribution < 1.29 is 9.59 Å². The summed E-state index contributed by atoms with van der Waals surface area (Å²) in [5, 5.41) is 4.21. The van der Waals surface area contributed by atoms with Crippen molar-refractivity contribution >= 4 is 11.8 Å². The Balaban J connectivity index is 1.22.